The lowest BCUT2D eigenvalue weighted by Crippen LogP contribution is -2.50. The van der Waals surface area contributed by atoms with Crippen LogP contribution >= 0.6 is 0 Å². The Labute approximate surface area is 116 Å². The smallest absolute Gasteiger partial charge is 0.256 e. The molecule has 1 unspecified atom stereocenters. The fraction of sp³-hybridized carbons (Fsp3) is 0.333. The lowest BCUT2D eigenvalue weighted by atomic mass is 10.00. The Morgan fingerprint density at radius 1 is 1.25 bits per heavy atom. The molecule has 104 valence electrons. The van der Waals surface area contributed by atoms with Crippen molar-refractivity contribution in [3.8, 4) is 0 Å². The fourth-order valence-electron chi connectivity index (χ4n) is 2.87. The molecule has 1 aliphatic rings. The Hall–Kier alpha value is -2.30. The largest absolute Gasteiger partial charge is 0.368 e. The molecule has 0 bridgehead atoms. The number of likely N-dealkylation sites (tertiary alicyclic amines) is 1. The van der Waals surface area contributed by atoms with Gasteiger partial charge in [0.05, 0.1) is 5.56 Å². The third kappa shape index (κ3) is 2.05. The third-order valence-corrected chi connectivity index (χ3v) is 3.91. The normalized spacial score (nSPS) is 19.2. The van der Waals surface area contributed by atoms with E-state index in [1.165, 1.54) is 0 Å². The second-order valence-corrected chi connectivity index (χ2v) is 5.16. The highest BCUT2D eigenvalue weighted by atomic mass is 16.2. The summed E-state index contributed by atoms with van der Waals surface area (Å²) in [4.78, 5) is 28.9. The molecule has 3 rings (SSSR count). The first-order chi connectivity index (χ1) is 9.68. The highest BCUT2D eigenvalue weighted by Crippen LogP contribution is 2.24. The number of H-pyrrole nitrogens is 1. The molecular weight excluding hydrogens is 254 g/mol. The molecule has 3 N–H and O–H groups in total. The van der Waals surface area contributed by atoms with Crippen molar-refractivity contribution in [2.24, 2.45) is 5.73 Å². The van der Waals surface area contributed by atoms with Gasteiger partial charge in [-0.15, -0.1) is 0 Å². The van der Waals surface area contributed by atoms with Gasteiger partial charge in [0.25, 0.3) is 5.91 Å². The Kier molecular flexibility index (Phi) is 3.18. The van der Waals surface area contributed by atoms with Crippen LogP contribution in [0.15, 0.2) is 30.5 Å². The molecule has 0 radical (unpaired) electrons. The van der Waals surface area contributed by atoms with E-state index in [1.807, 2.05) is 24.3 Å². The lowest BCUT2D eigenvalue weighted by molar-refractivity contribution is -0.123. The van der Waals surface area contributed by atoms with Gasteiger partial charge in [0.1, 0.15) is 6.04 Å². The first kappa shape index (κ1) is 12.7. The Balaban J connectivity index is 1.96. The van der Waals surface area contributed by atoms with Crippen LogP contribution in [-0.2, 0) is 4.79 Å². The van der Waals surface area contributed by atoms with E-state index in [-0.39, 0.29) is 5.91 Å². The molecule has 0 spiro atoms. The molecule has 1 aliphatic heterocycles. The highest BCUT2D eigenvalue weighted by Gasteiger charge is 2.32. The maximum atomic E-state index is 12.7. The van der Waals surface area contributed by atoms with E-state index in [0.717, 1.165) is 23.7 Å². The number of aromatic amines is 1. The summed E-state index contributed by atoms with van der Waals surface area (Å²) in [5.41, 5.74) is 6.95. The summed E-state index contributed by atoms with van der Waals surface area (Å²) >= 11 is 0. The molecule has 2 heterocycles. The van der Waals surface area contributed by atoms with Gasteiger partial charge < -0.3 is 15.6 Å². The zero-order valence-corrected chi connectivity index (χ0v) is 11.1. The summed E-state index contributed by atoms with van der Waals surface area (Å²) in [6.07, 6.45) is 4.21. The van der Waals surface area contributed by atoms with Gasteiger partial charge in [0, 0.05) is 23.6 Å². The number of nitrogens with one attached hydrogen (secondary N) is 1. The van der Waals surface area contributed by atoms with Gasteiger partial charge in [0.15, 0.2) is 0 Å². The quantitative estimate of drug-likeness (QED) is 0.871. The lowest BCUT2D eigenvalue weighted by Gasteiger charge is -2.33. The number of nitrogens with two attached hydrogens (primary N) is 1. The van der Waals surface area contributed by atoms with Crippen molar-refractivity contribution in [3.63, 3.8) is 0 Å². The molecule has 0 aliphatic carbocycles. The van der Waals surface area contributed by atoms with Crippen LogP contribution < -0.4 is 5.73 Å². The molecule has 2 aromatic rings. The first-order valence-electron chi connectivity index (χ1n) is 6.85. The molecule has 0 saturated carbocycles. The number of carbonyl (C=O) groups excluding carboxylic acids is 2. The van der Waals surface area contributed by atoms with Crippen molar-refractivity contribution in [1.29, 1.82) is 0 Å². The number of amides is 2. The molecule has 5 heteroatoms. The predicted octanol–water partition coefficient (Wildman–Crippen LogP) is 1.65. The predicted molar refractivity (Wildman–Crippen MR) is 76.2 cm³/mol. The number of aromatic nitrogens is 1. The van der Waals surface area contributed by atoms with Crippen LogP contribution in [0.1, 0.15) is 29.6 Å². The number of fused-ring (bicyclic) bond motifs is 1. The molecule has 20 heavy (non-hydrogen) atoms. The number of para-hydroxylation sites is 1. The van der Waals surface area contributed by atoms with Crippen LogP contribution in [0.4, 0.5) is 0 Å². The number of rotatable bonds is 2. The van der Waals surface area contributed by atoms with Crippen LogP contribution in [-0.4, -0.2) is 34.3 Å². The molecule has 2 amide bonds. The highest BCUT2D eigenvalue weighted by molar-refractivity contribution is 6.07. The van der Waals surface area contributed by atoms with E-state index in [2.05, 4.69) is 4.98 Å². The van der Waals surface area contributed by atoms with Gasteiger partial charge in [-0.3, -0.25) is 9.59 Å². The van der Waals surface area contributed by atoms with Crippen molar-refractivity contribution < 1.29 is 9.59 Å². The minimum Gasteiger partial charge on any atom is -0.368 e. The number of nitrogens with zero attached hydrogens (tertiary/aromatic N) is 1. The number of hydrogen-bond acceptors (Lipinski definition) is 2. The van der Waals surface area contributed by atoms with Crippen molar-refractivity contribution in [1.82, 2.24) is 9.88 Å². The maximum absolute atomic E-state index is 12.7. The summed E-state index contributed by atoms with van der Waals surface area (Å²) in [7, 11) is 0. The zero-order chi connectivity index (χ0) is 14.1. The van der Waals surface area contributed by atoms with Crippen LogP contribution in [0.25, 0.3) is 10.9 Å². The summed E-state index contributed by atoms with van der Waals surface area (Å²) in [6.45, 7) is 0.589. The SMILES string of the molecule is NC(=O)C1CCCCN1C(=O)c1c[nH]c2ccccc12. The summed E-state index contributed by atoms with van der Waals surface area (Å²) in [6, 6.07) is 7.16. The first-order valence-corrected chi connectivity index (χ1v) is 6.85. The van der Waals surface area contributed by atoms with Crippen molar-refractivity contribution in [2.75, 3.05) is 6.54 Å². The molecule has 1 saturated heterocycles. The monoisotopic (exact) mass is 271 g/mol. The van der Waals surface area contributed by atoms with Gasteiger partial charge in [-0.25, -0.2) is 0 Å². The van der Waals surface area contributed by atoms with Crippen molar-refractivity contribution in [3.05, 3.63) is 36.0 Å². The average molecular weight is 271 g/mol. The van der Waals surface area contributed by atoms with Crippen LogP contribution in [0.2, 0.25) is 0 Å². The summed E-state index contributed by atoms with van der Waals surface area (Å²) in [5.74, 6) is -0.538. The van der Waals surface area contributed by atoms with E-state index in [4.69, 9.17) is 5.73 Å². The number of piperidine rings is 1. The van der Waals surface area contributed by atoms with Gasteiger partial charge in [0.2, 0.25) is 5.91 Å². The van der Waals surface area contributed by atoms with Crippen LogP contribution in [0.3, 0.4) is 0 Å². The van der Waals surface area contributed by atoms with Gasteiger partial charge in [-0.1, -0.05) is 18.2 Å². The van der Waals surface area contributed by atoms with E-state index in [0.29, 0.717) is 18.5 Å². The fourth-order valence-corrected chi connectivity index (χ4v) is 2.87. The van der Waals surface area contributed by atoms with Crippen molar-refractivity contribution in [2.45, 2.75) is 25.3 Å². The minimum absolute atomic E-state index is 0.119. The Morgan fingerprint density at radius 2 is 2.05 bits per heavy atom. The molecular formula is C15H17N3O2. The molecule has 1 atom stereocenters. The number of benzene rings is 1. The van der Waals surface area contributed by atoms with Gasteiger partial charge in [-0.05, 0) is 25.3 Å². The third-order valence-electron chi connectivity index (χ3n) is 3.91. The van der Waals surface area contributed by atoms with E-state index in [9.17, 15) is 9.59 Å². The van der Waals surface area contributed by atoms with E-state index in [1.54, 1.807) is 11.1 Å². The second kappa shape index (κ2) is 5.00. The maximum Gasteiger partial charge on any atom is 0.256 e. The Morgan fingerprint density at radius 3 is 2.85 bits per heavy atom. The van der Waals surface area contributed by atoms with Crippen LogP contribution in [0, 0.1) is 0 Å². The zero-order valence-electron chi connectivity index (χ0n) is 11.1. The van der Waals surface area contributed by atoms with Crippen molar-refractivity contribution >= 4 is 22.7 Å². The van der Waals surface area contributed by atoms with Gasteiger partial charge >= 0.3 is 0 Å². The number of carbonyl (C=O) groups is 2. The standard InChI is InChI=1S/C15H17N3O2/c16-14(19)13-7-3-4-8-18(13)15(20)11-9-17-12-6-2-1-5-10(11)12/h1-2,5-6,9,13,17H,3-4,7-8H2,(H2,16,19). The average Bonchev–Trinajstić information content (AvgIpc) is 2.90. The minimum atomic E-state index is -0.482. The molecule has 1 aromatic heterocycles. The summed E-state index contributed by atoms with van der Waals surface area (Å²) in [5, 5.41) is 0.881. The molecule has 1 fully saturated rings. The van der Waals surface area contributed by atoms with Crippen LogP contribution in [0.5, 0.6) is 0 Å². The van der Waals surface area contributed by atoms with Gasteiger partial charge in [-0.2, -0.15) is 0 Å². The van der Waals surface area contributed by atoms with E-state index < -0.39 is 11.9 Å². The number of primary amides is 1. The second-order valence-electron chi connectivity index (χ2n) is 5.16. The van der Waals surface area contributed by atoms with E-state index >= 15 is 0 Å². The number of hydrogen-bond donors (Lipinski definition) is 2. The molecule has 1 aromatic carbocycles. The Bertz CT molecular complexity index is 662. The summed E-state index contributed by atoms with van der Waals surface area (Å²) < 4.78 is 0. The molecule has 5 nitrogen and oxygen atoms in total. The topological polar surface area (TPSA) is 79.2 Å².